The predicted molar refractivity (Wildman–Crippen MR) is 130 cm³/mol. The molecule has 6 rings (SSSR count). The molecule has 0 fully saturated rings. The van der Waals surface area contributed by atoms with Crippen molar-refractivity contribution < 1.29 is 0 Å². The van der Waals surface area contributed by atoms with Gasteiger partial charge in [-0.25, -0.2) is 4.98 Å². The van der Waals surface area contributed by atoms with Crippen molar-refractivity contribution in [1.82, 2.24) is 9.66 Å². The number of thiophene rings is 1. The van der Waals surface area contributed by atoms with E-state index in [0.29, 0.717) is 0 Å². The Kier molecular flexibility index (Phi) is 4.25. The highest BCUT2D eigenvalue weighted by Gasteiger charge is 2.20. The van der Waals surface area contributed by atoms with Crippen molar-refractivity contribution >= 4 is 49.3 Å². The molecule has 31 heavy (non-hydrogen) atoms. The van der Waals surface area contributed by atoms with Gasteiger partial charge >= 0.3 is 0 Å². The van der Waals surface area contributed by atoms with Crippen LogP contribution in [0.15, 0.2) is 64.8 Å². The molecule has 0 N–H and O–H groups in total. The molecule has 5 aromatic rings. The van der Waals surface area contributed by atoms with Gasteiger partial charge in [0.1, 0.15) is 11.2 Å². The second-order valence-corrected chi connectivity index (χ2v) is 9.24. The third kappa shape index (κ3) is 2.84. The summed E-state index contributed by atoms with van der Waals surface area (Å²) >= 11 is 1.67. The largest absolute Gasteiger partial charge is 0.282 e. The van der Waals surface area contributed by atoms with Gasteiger partial charge in [-0.2, -0.15) is 9.78 Å². The Labute approximate surface area is 183 Å². The molecule has 0 spiro atoms. The third-order valence-corrected chi connectivity index (χ3v) is 7.61. The summed E-state index contributed by atoms with van der Waals surface area (Å²) in [6.07, 6.45) is 7.73. The summed E-state index contributed by atoms with van der Waals surface area (Å²) in [5.74, 6) is 0. The molecule has 0 unspecified atom stereocenters. The van der Waals surface area contributed by atoms with Crippen molar-refractivity contribution in [2.24, 2.45) is 5.10 Å². The van der Waals surface area contributed by atoms with Gasteiger partial charge in [-0.05, 0) is 65.3 Å². The molecule has 0 radical (unpaired) electrons. The molecule has 0 bridgehead atoms. The Morgan fingerprint density at radius 3 is 2.32 bits per heavy atom. The first kappa shape index (κ1) is 18.5. The maximum absolute atomic E-state index is 13.3. The van der Waals surface area contributed by atoms with E-state index in [1.807, 2.05) is 18.3 Å². The topological polar surface area (TPSA) is 47.2 Å². The van der Waals surface area contributed by atoms with E-state index in [-0.39, 0.29) is 5.56 Å². The summed E-state index contributed by atoms with van der Waals surface area (Å²) in [6.45, 7) is 2.16. The lowest BCUT2D eigenvalue weighted by Gasteiger charge is -2.12. The van der Waals surface area contributed by atoms with Gasteiger partial charge in [0.25, 0.3) is 5.56 Å². The molecule has 0 amide bonds. The van der Waals surface area contributed by atoms with Gasteiger partial charge in [0.15, 0.2) is 0 Å². The van der Waals surface area contributed by atoms with Crippen LogP contribution in [0, 0.1) is 6.92 Å². The van der Waals surface area contributed by atoms with Crippen LogP contribution in [0.25, 0.3) is 31.8 Å². The lowest BCUT2D eigenvalue weighted by Crippen LogP contribution is -2.18. The van der Waals surface area contributed by atoms with Crippen LogP contribution < -0.4 is 5.56 Å². The zero-order valence-electron chi connectivity index (χ0n) is 17.3. The van der Waals surface area contributed by atoms with Crippen molar-refractivity contribution in [1.29, 1.82) is 0 Å². The molecule has 5 heteroatoms. The van der Waals surface area contributed by atoms with Crippen LogP contribution in [-0.2, 0) is 12.8 Å². The first-order valence-electron chi connectivity index (χ1n) is 10.7. The molecular formula is C26H21N3OS. The lowest BCUT2D eigenvalue weighted by atomic mass is 9.93. The minimum absolute atomic E-state index is 0.0682. The number of hydrogen-bond donors (Lipinski definition) is 0. The molecule has 1 aliphatic rings. The minimum atomic E-state index is -0.0682. The van der Waals surface area contributed by atoms with E-state index in [0.717, 1.165) is 45.8 Å². The summed E-state index contributed by atoms with van der Waals surface area (Å²) in [4.78, 5) is 20.0. The molecule has 0 saturated heterocycles. The predicted octanol–water partition coefficient (Wildman–Crippen LogP) is 5.83. The van der Waals surface area contributed by atoms with Crippen LogP contribution in [0.4, 0.5) is 0 Å². The summed E-state index contributed by atoms with van der Waals surface area (Å²) in [7, 11) is 0. The van der Waals surface area contributed by atoms with Crippen LogP contribution in [0.2, 0.25) is 0 Å². The molecule has 2 heterocycles. The van der Waals surface area contributed by atoms with Crippen LogP contribution in [0.3, 0.4) is 0 Å². The molecular weight excluding hydrogens is 402 g/mol. The molecule has 152 valence electrons. The lowest BCUT2D eigenvalue weighted by molar-refractivity contribution is 0.699. The van der Waals surface area contributed by atoms with E-state index in [9.17, 15) is 4.79 Å². The minimum Gasteiger partial charge on any atom is -0.267 e. The van der Waals surface area contributed by atoms with Crippen LogP contribution in [0.1, 0.15) is 34.4 Å². The summed E-state index contributed by atoms with van der Waals surface area (Å²) in [5, 5.41) is 10.0. The second-order valence-electron chi connectivity index (χ2n) is 8.16. The molecule has 2 aromatic heterocycles. The van der Waals surface area contributed by atoms with Gasteiger partial charge in [-0.1, -0.05) is 48.5 Å². The summed E-state index contributed by atoms with van der Waals surface area (Å²) < 4.78 is 1.40. The maximum atomic E-state index is 13.3. The number of fused-ring (bicyclic) bond motifs is 5. The van der Waals surface area contributed by atoms with Gasteiger partial charge in [0, 0.05) is 10.4 Å². The van der Waals surface area contributed by atoms with Gasteiger partial charge in [-0.3, -0.25) is 4.79 Å². The van der Waals surface area contributed by atoms with Gasteiger partial charge in [0.05, 0.1) is 11.6 Å². The Hall–Kier alpha value is -3.31. The maximum Gasteiger partial charge on any atom is 0.282 e. The third-order valence-electron chi connectivity index (χ3n) is 6.41. The normalized spacial score (nSPS) is 14.1. The van der Waals surface area contributed by atoms with Crippen LogP contribution >= 0.6 is 11.3 Å². The summed E-state index contributed by atoms with van der Waals surface area (Å²) in [6, 6.07) is 16.7. The fraction of sp³-hybridized carbons (Fsp3) is 0.192. The molecule has 3 aromatic carbocycles. The highest BCUT2D eigenvalue weighted by molar-refractivity contribution is 7.18. The SMILES string of the molecule is Cc1c2ccccc2c(/C=N\n2cnc3sc4c(c3c2=O)CCCC4)c2ccccc12. The Morgan fingerprint density at radius 1 is 0.968 bits per heavy atom. The number of hydrogen-bond acceptors (Lipinski definition) is 4. The number of rotatable bonds is 2. The van der Waals surface area contributed by atoms with E-state index in [1.165, 1.54) is 37.9 Å². The zero-order chi connectivity index (χ0) is 20.9. The smallest absolute Gasteiger partial charge is 0.267 e. The van der Waals surface area contributed by atoms with E-state index in [2.05, 4.69) is 53.4 Å². The molecule has 1 aliphatic carbocycles. The zero-order valence-corrected chi connectivity index (χ0v) is 18.1. The van der Waals surface area contributed by atoms with Gasteiger partial charge in [-0.15, -0.1) is 11.3 Å². The van der Waals surface area contributed by atoms with Crippen molar-refractivity contribution in [3.63, 3.8) is 0 Å². The highest BCUT2D eigenvalue weighted by atomic mass is 32.1. The average molecular weight is 424 g/mol. The quantitative estimate of drug-likeness (QED) is 0.265. The van der Waals surface area contributed by atoms with Crippen molar-refractivity contribution in [3.8, 4) is 0 Å². The van der Waals surface area contributed by atoms with Crippen LogP contribution in [-0.4, -0.2) is 15.9 Å². The van der Waals surface area contributed by atoms with Crippen molar-refractivity contribution in [2.75, 3.05) is 0 Å². The standard InChI is InChI=1S/C26H21N3OS/c1-16-17-8-2-4-10-19(17)22(20-11-5-3-9-18(16)20)14-28-29-15-27-25-24(26(29)30)21-12-6-7-13-23(21)31-25/h2-5,8-11,14-15H,6-7,12-13H2,1H3/b28-14-. The Bertz CT molecular complexity index is 1520. The van der Waals surface area contributed by atoms with E-state index in [1.54, 1.807) is 17.7 Å². The number of benzene rings is 3. The van der Waals surface area contributed by atoms with E-state index in [4.69, 9.17) is 0 Å². The summed E-state index contributed by atoms with van der Waals surface area (Å²) in [5.41, 5.74) is 3.41. The second kappa shape index (κ2) is 7.13. The fourth-order valence-electron chi connectivity index (χ4n) is 4.86. The first-order valence-corrected chi connectivity index (χ1v) is 11.5. The molecule has 0 atom stereocenters. The van der Waals surface area contributed by atoms with Gasteiger partial charge in [0.2, 0.25) is 0 Å². The first-order chi connectivity index (χ1) is 15.2. The van der Waals surface area contributed by atoms with Gasteiger partial charge < -0.3 is 0 Å². The highest BCUT2D eigenvalue weighted by Crippen LogP contribution is 2.34. The van der Waals surface area contributed by atoms with E-state index < -0.39 is 0 Å². The Morgan fingerprint density at radius 2 is 1.61 bits per heavy atom. The number of aromatic nitrogens is 2. The van der Waals surface area contributed by atoms with Crippen molar-refractivity contribution in [2.45, 2.75) is 32.6 Å². The van der Waals surface area contributed by atoms with E-state index >= 15 is 0 Å². The molecule has 0 aliphatic heterocycles. The number of aryl methyl sites for hydroxylation is 3. The monoisotopic (exact) mass is 423 g/mol. The van der Waals surface area contributed by atoms with Crippen LogP contribution in [0.5, 0.6) is 0 Å². The fourth-order valence-corrected chi connectivity index (χ4v) is 6.08. The van der Waals surface area contributed by atoms with Crippen molar-refractivity contribution in [3.05, 3.63) is 86.8 Å². The number of nitrogens with zero attached hydrogens (tertiary/aromatic N) is 3. The molecule has 4 nitrogen and oxygen atoms in total. The average Bonchev–Trinajstić information content (AvgIpc) is 3.20. The Balaban J connectivity index is 1.57. The molecule has 0 saturated carbocycles.